The Labute approximate surface area is 175 Å². The number of hydrogen-bond acceptors (Lipinski definition) is 5. The van der Waals surface area contributed by atoms with E-state index in [2.05, 4.69) is 22.1 Å². The first kappa shape index (κ1) is 20.7. The number of nitrogens with zero attached hydrogens (tertiary/aromatic N) is 1. The van der Waals surface area contributed by atoms with Gasteiger partial charge in [-0.25, -0.2) is 9.78 Å². The molecule has 0 bridgehead atoms. The number of rotatable bonds is 3. The minimum atomic E-state index is -0.387. The Balaban J connectivity index is 0.000000269. The topological polar surface area (TPSA) is 69.7 Å². The van der Waals surface area contributed by atoms with Crippen LogP contribution in [0.25, 0.3) is 0 Å². The van der Waals surface area contributed by atoms with E-state index in [-0.39, 0.29) is 12.1 Å². The molecule has 1 N–H and O–H groups in total. The molecule has 1 amide bonds. The lowest BCUT2D eigenvalue weighted by Crippen LogP contribution is -2.18. The van der Waals surface area contributed by atoms with Gasteiger partial charge in [-0.3, -0.25) is 0 Å². The highest BCUT2D eigenvalue weighted by Crippen LogP contribution is 2.19. The SMILES string of the molecule is COc1cccc(C#Cc2cccc([C@@H]3COC(=O)N3)c2)n1.COc1ccccc1. The molecule has 1 aliphatic rings. The Morgan fingerprint density at radius 3 is 2.43 bits per heavy atom. The van der Waals surface area contributed by atoms with Crippen LogP contribution in [-0.2, 0) is 4.74 Å². The second-order valence-electron chi connectivity index (χ2n) is 6.25. The van der Waals surface area contributed by atoms with Gasteiger partial charge in [-0.05, 0) is 41.8 Å². The Morgan fingerprint density at radius 2 is 1.77 bits per heavy atom. The third-order valence-electron chi connectivity index (χ3n) is 4.21. The molecule has 6 heteroatoms. The van der Waals surface area contributed by atoms with Crippen LogP contribution in [0, 0.1) is 11.8 Å². The zero-order chi connectivity index (χ0) is 21.2. The standard InChI is InChI=1S/C17H14N2O3.C7H8O/c1-21-16-7-3-6-14(18-16)9-8-12-4-2-5-13(10-12)15-11-22-17(20)19-15;1-8-7-5-3-2-4-6-7/h2-7,10,15H,11H2,1H3,(H,19,20);2-6H,1H3/t15-;/m0./s1. The van der Waals surface area contributed by atoms with E-state index in [1.165, 1.54) is 0 Å². The number of hydrogen-bond donors (Lipinski definition) is 1. The smallest absolute Gasteiger partial charge is 0.407 e. The molecule has 6 nitrogen and oxygen atoms in total. The molecule has 0 aliphatic carbocycles. The van der Waals surface area contributed by atoms with Crippen molar-refractivity contribution in [2.45, 2.75) is 6.04 Å². The second-order valence-corrected chi connectivity index (χ2v) is 6.25. The number of benzene rings is 2. The predicted molar refractivity (Wildman–Crippen MR) is 113 cm³/mol. The fraction of sp³-hybridized carbons (Fsp3) is 0.167. The highest BCUT2D eigenvalue weighted by atomic mass is 16.6. The van der Waals surface area contributed by atoms with E-state index in [9.17, 15) is 4.79 Å². The molecule has 1 aliphatic heterocycles. The molecule has 0 saturated carbocycles. The molecule has 3 aromatic rings. The van der Waals surface area contributed by atoms with E-state index in [0.29, 0.717) is 18.2 Å². The van der Waals surface area contributed by atoms with Crippen molar-refractivity contribution in [2.75, 3.05) is 20.8 Å². The number of methoxy groups -OCH3 is 2. The summed E-state index contributed by atoms with van der Waals surface area (Å²) in [5.41, 5.74) is 2.46. The molecule has 2 aromatic carbocycles. The molecule has 4 rings (SSSR count). The number of alkyl carbamates (subject to hydrolysis) is 1. The monoisotopic (exact) mass is 402 g/mol. The first-order valence-corrected chi connectivity index (χ1v) is 9.33. The lowest BCUT2D eigenvalue weighted by Gasteiger charge is -2.07. The zero-order valence-electron chi connectivity index (χ0n) is 16.8. The lowest BCUT2D eigenvalue weighted by atomic mass is 10.1. The van der Waals surface area contributed by atoms with Gasteiger partial charge in [0.05, 0.1) is 20.3 Å². The van der Waals surface area contributed by atoms with Gasteiger partial charge >= 0.3 is 6.09 Å². The van der Waals surface area contributed by atoms with Gasteiger partial charge in [0.25, 0.3) is 0 Å². The normalized spacial score (nSPS) is 14.2. The molecular formula is C24H22N2O4. The van der Waals surface area contributed by atoms with Gasteiger partial charge in [0.1, 0.15) is 18.1 Å². The summed E-state index contributed by atoms with van der Waals surface area (Å²) < 4.78 is 14.9. The molecule has 1 saturated heterocycles. The molecule has 30 heavy (non-hydrogen) atoms. The minimum absolute atomic E-state index is 0.121. The maximum absolute atomic E-state index is 11.1. The Morgan fingerprint density at radius 1 is 0.967 bits per heavy atom. The van der Waals surface area contributed by atoms with E-state index in [4.69, 9.17) is 14.2 Å². The fourth-order valence-electron chi connectivity index (χ4n) is 2.69. The highest BCUT2D eigenvalue weighted by molar-refractivity contribution is 5.70. The number of nitrogens with one attached hydrogen (secondary N) is 1. The average Bonchev–Trinajstić information content (AvgIpc) is 3.25. The van der Waals surface area contributed by atoms with Crippen molar-refractivity contribution in [2.24, 2.45) is 0 Å². The van der Waals surface area contributed by atoms with Gasteiger partial charge in [-0.2, -0.15) is 0 Å². The van der Waals surface area contributed by atoms with E-state index in [1.54, 1.807) is 20.3 Å². The molecular weight excluding hydrogens is 380 g/mol. The van der Waals surface area contributed by atoms with Crippen LogP contribution >= 0.6 is 0 Å². The maximum Gasteiger partial charge on any atom is 0.407 e. The van der Waals surface area contributed by atoms with Crippen molar-refractivity contribution in [3.63, 3.8) is 0 Å². The third kappa shape index (κ3) is 6.01. The van der Waals surface area contributed by atoms with Crippen molar-refractivity contribution in [1.82, 2.24) is 10.3 Å². The van der Waals surface area contributed by atoms with Crippen LogP contribution in [0.5, 0.6) is 11.6 Å². The van der Waals surface area contributed by atoms with Gasteiger partial charge in [-0.1, -0.05) is 42.3 Å². The Bertz CT molecular complexity index is 1040. The Kier molecular flexibility index (Phi) is 7.28. The van der Waals surface area contributed by atoms with E-state index in [1.807, 2.05) is 66.7 Å². The molecule has 1 aromatic heterocycles. The number of para-hydroxylation sites is 1. The molecule has 1 fully saturated rings. The van der Waals surface area contributed by atoms with Crippen LogP contribution in [0.3, 0.4) is 0 Å². The summed E-state index contributed by atoms with van der Waals surface area (Å²) in [5.74, 6) is 7.51. The molecule has 0 radical (unpaired) electrons. The number of aromatic nitrogens is 1. The number of carbonyl (C=O) groups excluding carboxylic acids is 1. The lowest BCUT2D eigenvalue weighted by molar-refractivity contribution is 0.177. The van der Waals surface area contributed by atoms with Crippen molar-refractivity contribution >= 4 is 6.09 Å². The number of pyridine rings is 1. The van der Waals surface area contributed by atoms with E-state index < -0.39 is 0 Å². The molecule has 1 atom stereocenters. The average molecular weight is 402 g/mol. The second kappa shape index (κ2) is 10.5. The quantitative estimate of drug-likeness (QED) is 0.672. The van der Waals surface area contributed by atoms with Crippen LogP contribution in [0.1, 0.15) is 22.9 Å². The number of cyclic esters (lactones) is 1. The minimum Gasteiger partial charge on any atom is -0.497 e. The number of carbonyl (C=O) groups is 1. The van der Waals surface area contributed by atoms with Gasteiger partial charge in [0, 0.05) is 11.6 Å². The molecule has 152 valence electrons. The summed E-state index contributed by atoms with van der Waals surface area (Å²) in [6, 6.07) is 22.7. The predicted octanol–water partition coefficient (Wildman–Crippen LogP) is 3.97. The first-order chi connectivity index (χ1) is 14.7. The van der Waals surface area contributed by atoms with Crippen molar-refractivity contribution in [3.8, 4) is 23.5 Å². The number of amides is 1. The third-order valence-corrected chi connectivity index (χ3v) is 4.21. The van der Waals surface area contributed by atoms with Crippen LogP contribution in [-0.4, -0.2) is 31.9 Å². The van der Waals surface area contributed by atoms with Gasteiger partial charge in [0.2, 0.25) is 5.88 Å². The largest absolute Gasteiger partial charge is 0.497 e. The summed E-state index contributed by atoms with van der Waals surface area (Å²) in [6.45, 7) is 0.340. The summed E-state index contributed by atoms with van der Waals surface area (Å²) in [5, 5.41) is 2.75. The van der Waals surface area contributed by atoms with Crippen LogP contribution in [0.15, 0.2) is 72.8 Å². The molecule has 0 unspecified atom stereocenters. The van der Waals surface area contributed by atoms with Crippen molar-refractivity contribution < 1.29 is 19.0 Å². The van der Waals surface area contributed by atoms with Crippen molar-refractivity contribution in [3.05, 3.63) is 89.6 Å². The van der Waals surface area contributed by atoms with Gasteiger partial charge < -0.3 is 19.5 Å². The van der Waals surface area contributed by atoms with E-state index >= 15 is 0 Å². The number of ether oxygens (including phenoxy) is 3. The fourth-order valence-corrected chi connectivity index (χ4v) is 2.69. The summed E-state index contributed by atoms with van der Waals surface area (Å²) in [4.78, 5) is 15.3. The van der Waals surface area contributed by atoms with Crippen LogP contribution < -0.4 is 14.8 Å². The summed E-state index contributed by atoms with van der Waals surface area (Å²) in [6.07, 6.45) is -0.387. The highest BCUT2D eigenvalue weighted by Gasteiger charge is 2.23. The van der Waals surface area contributed by atoms with Gasteiger partial charge in [0.15, 0.2) is 0 Å². The Hall–Kier alpha value is -3.98. The van der Waals surface area contributed by atoms with Crippen LogP contribution in [0.2, 0.25) is 0 Å². The summed E-state index contributed by atoms with van der Waals surface area (Å²) in [7, 11) is 3.23. The molecule has 2 heterocycles. The van der Waals surface area contributed by atoms with E-state index in [0.717, 1.165) is 16.9 Å². The van der Waals surface area contributed by atoms with Crippen molar-refractivity contribution in [1.29, 1.82) is 0 Å². The van der Waals surface area contributed by atoms with Crippen LogP contribution in [0.4, 0.5) is 4.79 Å². The maximum atomic E-state index is 11.1. The zero-order valence-corrected chi connectivity index (χ0v) is 16.8. The molecule has 0 spiro atoms. The first-order valence-electron chi connectivity index (χ1n) is 9.33. The van der Waals surface area contributed by atoms with Gasteiger partial charge in [-0.15, -0.1) is 0 Å². The summed E-state index contributed by atoms with van der Waals surface area (Å²) >= 11 is 0.